The largest absolute Gasteiger partial charge is 0.447 e. The molecule has 39 heavy (non-hydrogen) atoms. The zero-order valence-electron chi connectivity index (χ0n) is 23.8. The number of anilines is 1. The predicted octanol–water partition coefficient (Wildman–Crippen LogP) is 7.08. The van der Waals surface area contributed by atoms with Crippen molar-refractivity contribution in [3.63, 3.8) is 0 Å². The minimum atomic E-state index is -0.504. The maximum absolute atomic E-state index is 12.2. The second-order valence-corrected chi connectivity index (χ2v) is 9.70. The van der Waals surface area contributed by atoms with Gasteiger partial charge < -0.3 is 24.8 Å². The Morgan fingerprint density at radius 1 is 0.769 bits per heavy atom. The van der Waals surface area contributed by atoms with Crippen LogP contribution in [-0.4, -0.2) is 50.0 Å². The number of nitrogens with one attached hydrogen (secondary N) is 2. The second kappa shape index (κ2) is 20.9. The van der Waals surface area contributed by atoms with Crippen molar-refractivity contribution in [2.45, 2.75) is 84.1 Å². The van der Waals surface area contributed by atoms with Crippen molar-refractivity contribution in [2.75, 3.05) is 38.4 Å². The fraction of sp³-hybridized carbons (Fsp3) is 0.581. The first-order valence-electron chi connectivity index (χ1n) is 14.5. The summed E-state index contributed by atoms with van der Waals surface area (Å²) >= 11 is 0. The number of amides is 2. The fourth-order valence-electron chi connectivity index (χ4n) is 4.06. The Hall–Kier alpha value is -2.97. The molecule has 8 heteroatoms. The molecule has 0 spiro atoms. The third-order valence-electron chi connectivity index (χ3n) is 6.38. The maximum Gasteiger partial charge on any atom is 0.407 e. The number of hydrogen-bond acceptors (Lipinski definition) is 6. The topological polar surface area (TPSA) is 98.8 Å². The lowest BCUT2D eigenvalue weighted by atomic mass is 10.1. The molecular formula is C31H47N3O5. The van der Waals surface area contributed by atoms with Gasteiger partial charge in [0.25, 0.3) is 5.91 Å². The Morgan fingerprint density at radius 3 is 2.03 bits per heavy atom. The average Bonchev–Trinajstić information content (AvgIpc) is 2.95. The molecule has 1 aromatic heterocycles. The molecule has 0 aliphatic rings. The van der Waals surface area contributed by atoms with Crippen LogP contribution in [0, 0.1) is 0 Å². The van der Waals surface area contributed by atoms with Crippen LogP contribution in [0.15, 0.2) is 48.7 Å². The van der Waals surface area contributed by atoms with Gasteiger partial charge in [0.05, 0.1) is 25.9 Å². The van der Waals surface area contributed by atoms with Gasteiger partial charge in [0.1, 0.15) is 12.3 Å². The number of aromatic nitrogens is 1. The molecule has 0 saturated heterocycles. The average molecular weight is 542 g/mol. The van der Waals surface area contributed by atoms with E-state index in [9.17, 15) is 9.59 Å². The SMILES string of the molecule is CCCCCCCCCCCCOCCOCCOC(=O)NC(C)c1ccc(NC(=O)c2ccccn2)cc1. The molecule has 1 heterocycles. The van der Waals surface area contributed by atoms with E-state index < -0.39 is 6.09 Å². The molecule has 0 aliphatic heterocycles. The molecular weight excluding hydrogens is 494 g/mol. The fourth-order valence-corrected chi connectivity index (χ4v) is 4.06. The maximum atomic E-state index is 12.2. The molecule has 0 aliphatic carbocycles. The third kappa shape index (κ3) is 15.3. The van der Waals surface area contributed by atoms with E-state index in [2.05, 4.69) is 22.5 Å². The van der Waals surface area contributed by atoms with Crippen molar-refractivity contribution < 1.29 is 23.8 Å². The minimum Gasteiger partial charge on any atom is -0.447 e. The molecule has 8 nitrogen and oxygen atoms in total. The lowest BCUT2D eigenvalue weighted by Gasteiger charge is -2.15. The van der Waals surface area contributed by atoms with E-state index in [-0.39, 0.29) is 18.6 Å². The third-order valence-corrected chi connectivity index (χ3v) is 6.38. The molecule has 1 unspecified atom stereocenters. The Morgan fingerprint density at radius 2 is 1.38 bits per heavy atom. The Kier molecular flexibility index (Phi) is 17.3. The first kappa shape index (κ1) is 32.2. The lowest BCUT2D eigenvalue weighted by Crippen LogP contribution is -2.28. The smallest absolute Gasteiger partial charge is 0.407 e. The summed E-state index contributed by atoms with van der Waals surface area (Å²) in [6, 6.07) is 12.2. The normalized spacial score (nSPS) is 11.6. The number of carbonyl (C=O) groups is 2. The molecule has 0 fully saturated rings. The molecule has 216 valence electrons. The summed E-state index contributed by atoms with van der Waals surface area (Å²) < 4.78 is 16.3. The van der Waals surface area contributed by atoms with Gasteiger partial charge in [0.2, 0.25) is 0 Å². The zero-order valence-corrected chi connectivity index (χ0v) is 23.8. The second-order valence-electron chi connectivity index (χ2n) is 9.70. The van der Waals surface area contributed by atoms with Crippen LogP contribution < -0.4 is 10.6 Å². The molecule has 1 atom stereocenters. The Labute approximate surface area is 234 Å². The highest BCUT2D eigenvalue weighted by Crippen LogP contribution is 2.17. The number of benzene rings is 1. The molecule has 1 aromatic carbocycles. The van der Waals surface area contributed by atoms with E-state index in [0.29, 0.717) is 31.2 Å². The van der Waals surface area contributed by atoms with Crippen LogP contribution in [-0.2, 0) is 14.2 Å². The highest BCUT2D eigenvalue weighted by molar-refractivity contribution is 6.02. The van der Waals surface area contributed by atoms with Crippen LogP contribution in [0.25, 0.3) is 0 Å². The van der Waals surface area contributed by atoms with Crippen LogP contribution in [0.5, 0.6) is 0 Å². The highest BCUT2D eigenvalue weighted by Gasteiger charge is 2.11. The van der Waals surface area contributed by atoms with Crippen LogP contribution in [0.1, 0.15) is 100 Å². The van der Waals surface area contributed by atoms with Crippen molar-refractivity contribution in [2.24, 2.45) is 0 Å². The quantitative estimate of drug-likeness (QED) is 0.164. The van der Waals surface area contributed by atoms with Gasteiger partial charge in [-0.05, 0) is 43.2 Å². The van der Waals surface area contributed by atoms with Crippen molar-refractivity contribution >= 4 is 17.7 Å². The number of pyridine rings is 1. The number of carbonyl (C=O) groups excluding carboxylic acids is 2. The van der Waals surface area contributed by atoms with Gasteiger partial charge in [-0.2, -0.15) is 0 Å². The van der Waals surface area contributed by atoms with Gasteiger partial charge in [-0.3, -0.25) is 9.78 Å². The van der Waals surface area contributed by atoms with Gasteiger partial charge in [0.15, 0.2) is 0 Å². The van der Waals surface area contributed by atoms with Crippen molar-refractivity contribution in [1.82, 2.24) is 10.3 Å². The molecule has 2 amide bonds. The first-order valence-corrected chi connectivity index (χ1v) is 14.5. The Balaban J connectivity index is 1.43. The van der Waals surface area contributed by atoms with Gasteiger partial charge >= 0.3 is 6.09 Å². The number of unbranched alkanes of at least 4 members (excludes halogenated alkanes) is 9. The van der Waals surface area contributed by atoms with E-state index in [1.165, 1.54) is 57.8 Å². The van der Waals surface area contributed by atoms with Crippen LogP contribution in [0.2, 0.25) is 0 Å². The summed E-state index contributed by atoms with van der Waals surface area (Å²) in [5.74, 6) is -0.277. The summed E-state index contributed by atoms with van der Waals surface area (Å²) in [6.07, 6.45) is 14.2. The molecule has 2 rings (SSSR count). The van der Waals surface area contributed by atoms with Crippen LogP contribution >= 0.6 is 0 Å². The van der Waals surface area contributed by atoms with Gasteiger partial charge in [-0.15, -0.1) is 0 Å². The molecule has 2 aromatic rings. The van der Waals surface area contributed by atoms with Gasteiger partial charge in [-0.1, -0.05) is 82.9 Å². The number of rotatable bonds is 21. The van der Waals surface area contributed by atoms with Crippen LogP contribution in [0.3, 0.4) is 0 Å². The summed E-state index contributed by atoms with van der Waals surface area (Å²) in [5.41, 5.74) is 1.88. The number of alkyl carbamates (subject to hydrolysis) is 1. The van der Waals surface area contributed by atoms with E-state index in [1.807, 2.05) is 19.1 Å². The monoisotopic (exact) mass is 541 g/mol. The van der Waals surface area contributed by atoms with Crippen LogP contribution in [0.4, 0.5) is 10.5 Å². The number of nitrogens with zero attached hydrogens (tertiary/aromatic N) is 1. The van der Waals surface area contributed by atoms with E-state index in [0.717, 1.165) is 18.6 Å². The van der Waals surface area contributed by atoms with Crippen molar-refractivity contribution in [3.8, 4) is 0 Å². The minimum absolute atomic E-state index is 0.176. The lowest BCUT2D eigenvalue weighted by molar-refractivity contribution is 0.0269. The van der Waals surface area contributed by atoms with E-state index in [4.69, 9.17) is 14.2 Å². The summed E-state index contributed by atoms with van der Waals surface area (Å²) in [4.78, 5) is 28.3. The number of ether oxygens (including phenoxy) is 3. The summed E-state index contributed by atoms with van der Waals surface area (Å²) in [7, 11) is 0. The summed E-state index contributed by atoms with van der Waals surface area (Å²) in [6.45, 7) is 6.44. The zero-order chi connectivity index (χ0) is 28.0. The highest BCUT2D eigenvalue weighted by atomic mass is 16.6. The number of hydrogen-bond donors (Lipinski definition) is 2. The molecule has 0 saturated carbocycles. The predicted molar refractivity (Wildman–Crippen MR) is 155 cm³/mol. The summed E-state index contributed by atoms with van der Waals surface area (Å²) in [5, 5.41) is 5.60. The van der Waals surface area contributed by atoms with Gasteiger partial charge in [-0.25, -0.2) is 4.79 Å². The first-order chi connectivity index (χ1) is 19.1. The molecule has 0 bridgehead atoms. The molecule has 0 radical (unpaired) electrons. The van der Waals surface area contributed by atoms with Gasteiger partial charge in [0, 0.05) is 18.5 Å². The standard InChI is InChI=1S/C31H47N3O5/c1-3-4-5-6-7-8-9-10-11-14-21-37-22-23-38-24-25-39-31(36)33-26(2)27-16-18-28(19-17-27)34-30(35)29-15-12-13-20-32-29/h12-13,15-20,26H,3-11,14,21-25H2,1-2H3,(H,33,36)(H,34,35). The Bertz CT molecular complexity index is 908. The van der Waals surface area contributed by atoms with E-state index >= 15 is 0 Å². The molecule has 2 N–H and O–H groups in total. The van der Waals surface area contributed by atoms with E-state index in [1.54, 1.807) is 36.5 Å². The van der Waals surface area contributed by atoms with Crippen molar-refractivity contribution in [1.29, 1.82) is 0 Å². The van der Waals surface area contributed by atoms with Crippen molar-refractivity contribution in [3.05, 3.63) is 59.9 Å².